The minimum absolute atomic E-state index is 0.206. The van der Waals surface area contributed by atoms with Gasteiger partial charge in [0.2, 0.25) is 5.91 Å². The molecule has 7 nitrogen and oxygen atoms in total. The van der Waals surface area contributed by atoms with Gasteiger partial charge in [0.1, 0.15) is 12.4 Å². The van der Waals surface area contributed by atoms with Gasteiger partial charge in [-0.2, -0.15) is 0 Å². The molecule has 2 N–H and O–H groups in total. The number of aryl methyl sites for hydroxylation is 1. The Balaban J connectivity index is 1.51. The van der Waals surface area contributed by atoms with Crippen molar-refractivity contribution in [1.82, 2.24) is 10.6 Å². The van der Waals surface area contributed by atoms with Gasteiger partial charge in [0, 0.05) is 51.0 Å². The van der Waals surface area contributed by atoms with Crippen LogP contribution in [-0.2, 0) is 22.6 Å². The summed E-state index contributed by atoms with van der Waals surface area (Å²) in [4.78, 5) is 18.1. The maximum atomic E-state index is 11.9. The predicted octanol–water partition coefficient (Wildman–Crippen LogP) is 3.40. The molecule has 0 unspecified atom stereocenters. The van der Waals surface area contributed by atoms with Crippen molar-refractivity contribution in [2.45, 2.75) is 39.8 Å². The first-order chi connectivity index (χ1) is 15.6. The zero-order chi connectivity index (χ0) is 22.8. The smallest absolute Gasteiger partial charge is 0.227 e. The average molecular weight is 439 g/mol. The number of hydrogen-bond acceptors (Lipinski definition) is 4. The first-order valence-electron chi connectivity index (χ1n) is 11.2. The zero-order valence-corrected chi connectivity index (χ0v) is 19.3. The molecule has 1 heterocycles. The Morgan fingerprint density at radius 3 is 2.56 bits per heavy atom. The Morgan fingerprint density at radius 1 is 1.09 bits per heavy atom. The van der Waals surface area contributed by atoms with Crippen molar-refractivity contribution in [3.05, 3.63) is 59.2 Å². The second-order valence-corrected chi connectivity index (χ2v) is 7.75. The number of amides is 1. The highest BCUT2D eigenvalue weighted by molar-refractivity contribution is 5.95. The Bertz CT molecular complexity index is 912. The number of hydrogen-bond donors (Lipinski definition) is 2. The molecule has 0 spiro atoms. The molecule has 32 heavy (non-hydrogen) atoms. The van der Waals surface area contributed by atoms with Crippen molar-refractivity contribution in [2.24, 2.45) is 4.99 Å². The van der Waals surface area contributed by atoms with Gasteiger partial charge in [-0.3, -0.25) is 9.79 Å². The lowest BCUT2D eigenvalue weighted by atomic mass is 10.1. The van der Waals surface area contributed by atoms with E-state index in [0.29, 0.717) is 45.3 Å². The van der Waals surface area contributed by atoms with Crippen molar-refractivity contribution >= 4 is 17.6 Å². The van der Waals surface area contributed by atoms with Crippen molar-refractivity contribution in [2.75, 3.05) is 38.3 Å². The first kappa shape index (κ1) is 23.6. The van der Waals surface area contributed by atoms with Crippen LogP contribution in [0.5, 0.6) is 5.75 Å². The molecule has 0 atom stereocenters. The van der Waals surface area contributed by atoms with Crippen LogP contribution >= 0.6 is 0 Å². The number of benzene rings is 2. The van der Waals surface area contributed by atoms with E-state index in [1.54, 1.807) is 7.05 Å². The molecule has 3 rings (SSSR count). The molecule has 1 aliphatic rings. The van der Waals surface area contributed by atoms with E-state index in [9.17, 15) is 4.79 Å². The quantitative estimate of drug-likeness (QED) is 0.338. The van der Waals surface area contributed by atoms with Gasteiger partial charge in [0.25, 0.3) is 0 Å². The Labute approximate surface area is 190 Å². The molecule has 0 aliphatic carbocycles. The molecule has 0 aromatic heterocycles. The summed E-state index contributed by atoms with van der Waals surface area (Å²) in [6, 6.07) is 14.3. The molecule has 2 aromatic carbocycles. The largest absolute Gasteiger partial charge is 0.491 e. The topological polar surface area (TPSA) is 75.2 Å². The highest BCUT2D eigenvalue weighted by atomic mass is 16.5. The van der Waals surface area contributed by atoms with Crippen molar-refractivity contribution in [1.29, 1.82) is 0 Å². The summed E-state index contributed by atoms with van der Waals surface area (Å²) in [6.07, 6.45) is 1.58. The van der Waals surface area contributed by atoms with Gasteiger partial charge >= 0.3 is 0 Å². The molecule has 0 bridgehead atoms. The summed E-state index contributed by atoms with van der Waals surface area (Å²) in [5, 5.41) is 6.70. The number of carbonyl (C=O) groups excluding carboxylic acids is 1. The van der Waals surface area contributed by atoms with Gasteiger partial charge in [0.15, 0.2) is 5.96 Å². The third-order valence-corrected chi connectivity index (χ3v) is 5.36. The van der Waals surface area contributed by atoms with E-state index in [0.717, 1.165) is 41.1 Å². The Hall–Kier alpha value is -3.06. The van der Waals surface area contributed by atoms with Crippen LogP contribution in [0.4, 0.5) is 5.69 Å². The summed E-state index contributed by atoms with van der Waals surface area (Å²) in [6.45, 7) is 7.86. The SMILES string of the molecule is CCOCCOc1cc(C)ccc1CNC(=NC)NCc1ccc(N2CCCC2=O)cc1. The highest BCUT2D eigenvalue weighted by Crippen LogP contribution is 2.22. The fraction of sp³-hybridized carbons (Fsp3) is 0.440. The second-order valence-electron chi connectivity index (χ2n) is 7.75. The van der Waals surface area contributed by atoms with Gasteiger partial charge in [-0.25, -0.2) is 0 Å². The number of nitrogens with one attached hydrogen (secondary N) is 2. The molecular formula is C25H34N4O3. The number of ether oxygens (including phenoxy) is 2. The van der Waals surface area contributed by atoms with E-state index in [1.165, 1.54) is 0 Å². The minimum Gasteiger partial charge on any atom is -0.491 e. The van der Waals surface area contributed by atoms with Crippen molar-refractivity contribution in [3.8, 4) is 5.75 Å². The monoisotopic (exact) mass is 438 g/mol. The van der Waals surface area contributed by atoms with E-state index in [1.807, 2.05) is 42.2 Å². The number of carbonyl (C=O) groups is 1. The molecule has 0 saturated carbocycles. The van der Waals surface area contributed by atoms with Crippen molar-refractivity contribution in [3.63, 3.8) is 0 Å². The summed E-state index contributed by atoms with van der Waals surface area (Å²) < 4.78 is 11.3. The van der Waals surface area contributed by atoms with Crippen LogP contribution in [0.15, 0.2) is 47.5 Å². The Morgan fingerprint density at radius 2 is 1.88 bits per heavy atom. The summed E-state index contributed by atoms with van der Waals surface area (Å²) in [5.74, 6) is 1.78. The van der Waals surface area contributed by atoms with E-state index in [4.69, 9.17) is 9.47 Å². The molecule has 2 aromatic rings. The van der Waals surface area contributed by atoms with Gasteiger partial charge in [-0.1, -0.05) is 24.3 Å². The number of rotatable bonds is 10. The first-order valence-corrected chi connectivity index (χ1v) is 11.2. The summed E-state index contributed by atoms with van der Waals surface area (Å²) in [7, 11) is 1.76. The van der Waals surface area contributed by atoms with Crippen LogP contribution in [-0.4, -0.2) is 45.3 Å². The van der Waals surface area contributed by atoms with Crippen molar-refractivity contribution < 1.29 is 14.3 Å². The number of aliphatic imine (C=N–C) groups is 1. The van der Waals surface area contributed by atoms with Crippen LogP contribution in [0.3, 0.4) is 0 Å². The third kappa shape index (κ3) is 6.72. The maximum Gasteiger partial charge on any atom is 0.227 e. The van der Waals surface area contributed by atoms with Gasteiger partial charge in [-0.15, -0.1) is 0 Å². The summed E-state index contributed by atoms with van der Waals surface area (Å²) in [5.41, 5.74) is 4.31. The van der Waals surface area contributed by atoms with E-state index in [-0.39, 0.29) is 5.91 Å². The standard InChI is InChI=1S/C25H34N4O3/c1-4-31-14-15-32-23-16-19(2)7-10-21(23)18-28-25(26-3)27-17-20-8-11-22(12-9-20)29-13-5-6-24(29)30/h7-12,16H,4-6,13-15,17-18H2,1-3H3,(H2,26,27,28). The molecular weight excluding hydrogens is 404 g/mol. The zero-order valence-electron chi connectivity index (χ0n) is 19.3. The minimum atomic E-state index is 0.206. The normalized spacial score (nSPS) is 14.0. The second kappa shape index (κ2) is 12.1. The van der Waals surface area contributed by atoms with Gasteiger partial charge in [-0.05, 0) is 49.6 Å². The lowest BCUT2D eigenvalue weighted by Gasteiger charge is -2.17. The fourth-order valence-electron chi connectivity index (χ4n) is 3.60. The molecule has 7 heteroatoms. The molecule has 1 fully saturated rings. The molecule has 0 radical (unpaired) electrons. The van der Waals surface area contributed by atoms with Gasteiger partial charge < -0.3 is 25.0 Å². The van der Waals surface area contributed by atoms with Crippen LogP contribution in [0.25, 0.3) is 0 Å². The number of nitrogens with zero attached hydrogens (tertiary/aromatic N) is 2. The number of anilines is 1. The van der Waals surface area contributed by atoms with Crippen LogP contribution in [0, 0.1) is 6.92 Å². The summed E-state index contributed by atoms with van der Waals surface area (Å²) >= 11 is 0. The molecule has 1 amide bonds. The van der Waals surface area contributed by atoms with Crippen LogP contribution in [0.1, 0.15) is 36.5 Å². The Kier molecular flexibility index (Phi) is 8.92. The van der Waals surface area contributed by atoms with Crippen LogP contribution in [0.2, 0.25) is 0 Å². The van der Waals surface area contributed by atoms with E-state index < -0.39 is 0 Å². The van der Waals surface area contributed by atoms with Gasteiger partial charge in [0.05, 0.1) is 6.61 Å². The van der Waals surface area contributed by atoms with E-state index in [2.05, 4.69) is 34.7 Å². The molecule has 1 saturated heterocycles. The van der Waals surface area contributed by atoms with Crippen LogP contribution < -0.4 is 20.3 Å². The molecule has 1 aliphatic heterocycles. The highest BCUT2D eigenvalue weighted by Gasteiger charge is 2.21. The molecule has 172 valence electrons. The lowest BCUT2D eigenvalue weighted by Crippen LogP contribution is -2.36. The maximum absolute atomic E-state index is 11.9. The number of guanidine groups is 1. The average Bonchev–Trinajstić information content (AvgIpc) is 3.24. The third-order valence-electron chi connectivity index (χ3n) is 5.36. The predicted molar refractivity (Wildman–Crippen MR) is 128 cm³/mol. The fourth-order valence-corrected chi connectivity index (χ4v) is 3.60. The van der Waals surface area contributed by atoms with E-state index >= 15 is 0 Å². The lowest BCUT2D eigenvalue weighted by molar-refractivity contribution is -0.117.